The van der Waals surface area contributed by atoms with Gasteiger partial charge in [0.05, 0.1) is 0 Å². The van der Waals surface area contributed by atoms with Crippen LogP contribution in [0.25, 0.3) is 10.9 Å². The van der Waals surface area contributed by atoms with Crippen molar-refractivity contribution in [3.63, 3.8) is 0 Å². The molecule has 0 bridgehead atoms. The maximum absolute atomic E-state index is 12.3. The maximum atomic E-state index is 12.3. The van der Waals surface area contributed by atoms with E-state index in [-0.39, 0.29) is 11.8 Å². The van der Waals surface area contributed by atoms with Crippen molar-refractivity contribution >= 4 is 16.8 Å². The lowest BCUT2D eigenvalue weighted by atomic mass is 9.92. The Kier molecular flexibility index (Phi) is 5.22. The molecule has 5 nitrogen and oxygen atoms in total. The SMILES string of the molecule is CC(C)[C@@H](CNC(=O)CCc1c[nH]c2ccccc12)c1ccnn1C. The van der Waals surface area contributed by atoms with Gasteiger partial charge in [0.25, 0.3) is 0 Å². The number of para-hydroxylation sites is 1. The van der Waals surface area contributed by atoms with Crippen LogP contribution >= 0.6 is 0 Å². The Bertz CT molecular complexity index is 846. The molecule has 0 spiro atoms. The molecule has 1 aromatic carbocycles. The van der Waals surface area contributed by atoms with Gasteiger partial charge in [0.2, 0.25) is 5.91 Å². The largest absolute Gasteiger partial charge is 0.361 e. The predicted molar refractivity (Wildman–Crippen MR) is 100 cm³/mol. The zero-order valence-corrected chi connectivity index (χ0v) is 15.1. The van der Waals surface area contributed by atoms with E-state index in [1.54, 1.807) is 0 Å². The minimum absolute atomic E-state index is 0.0955. The van der Waals surface area contributed by atoms with Crippen molar-refractivity contribution in [2.75, 3.05) is 6.54 Å². The third-order valence-electron chi connectivity index (χ3n) is 4.86. The molecule has 2 aromatic heterocycles. The van der Waals surface area contributed by atoms with Gasteiger partial charge < -0.3 is 10.3 Å². The first-order chi connectivity index (χ1) is 12.1. The van der Waals surface area contributed by atoms with E-state index in [0.717, 1.165) is 17.6 Å². The van der Waals surface area contributed by atoms with Crippen LogP contribution in [0.2, 0.25) is 0 Å². The molecule has 0 saturated heterocycles. The molecular weight excluding hydrogens is 312 g/mol. The molecule has 0 unspecified atom stereocenters. The summed E-state index contributed by atoms with van der Waals surface area (Å²) in [5.74, 6) is 0.798. The number of carbonyl (C=O) groups excluding carboxylic acids is 1. The lowest BCUT2D eigenvalue weighted by molar-refractivity contribution is -0.121. The average Bonchev–Trinajstić information content (AvgIpc) is 3.19. The monoisotopic (exact) mass is 338 g/mol. The highest BCUT2D eigenvalue weighted by atomic mass is 16.1. The van der Waals surface area contributed by atoms with Gasteiger partial charge in [-0.2, -0.15) is 5.10 Å². The number of rotatable bonds is 7. The van der Waals surface area contributed by atoms with Crippen LogP contribution in [0.5, 0.6) is 0 Å². The molecule has 1 atom stereocenters. The fraction of sp³-hybridized carbons (Fsp3) is 0.400. The number of hydrogen-bond acceptors (Lipinski definition) is 2. The van der Waals surface area contributed by atoms with Crippen molar-refractivity contribution in [1.82, 2.24) is 20.1 Å². The first-order valence-electron chi connectivity index (χ1n) is 8.86. The molecule has 132 valence electrons. The maximum Gasteiger partial charge on any atom is 0.220 e. The van der Waals surface area contributed by atoms with Crippen molar-refractivity contribution < 1.29 is 4.79 Å². The molecule has 0 aliphatic heterocycles. The van der Waals surface area contributed by atoms with Crippen molar-refractivity contribution in [2.24, 2.45) is 13.0 Å². The Balaban J connectivity index is 1.56. The van der Waals surface area contributed by atoms with E-state index in [1.165, 1.54) is 10.9 Å². The van der Waals surface area contributed by atoms with Crippen LogP contribution in [0.1, 0.15) is 37.4 Å². The molecule has 3 aromatic rings. The summed E-state index contributed by atoms with van der Waals surface area (Å²) >= 11 is 0. The Morgan fingerprint density at radius 3 is 2.80 bits per heavy atom. The van der Waals surface area contributed by atoms with Crippen LogP contribution in [0.3, 0.4) is 0 Å². The summed E-state index contributed by atoms with van der Waals surface area (Å²) in [5, 5.41) is 8.55. The van der Waals surface area contributed by atoms with Gasteiger partial charge in [-0.25, -0.2) is 0 Å². The van der Waals surface area contributed by atoms with Gasteiger partial charge >= 0.3 is 0 Å². The van der Waals surface area contributed by atoms with Crippen LogP contribution < -0.4 is 5.32 Å². The molecule has 0 saturated carbocycles. The molecule has 0 aliphatic rings. The number of amides is 1. The lowest BCUT2D eigenvalue weighted by Gasteiger charge is -2.21. The summed E-state index contributed by atoms with van der Waals surface area (Å²) in [5.41, 5.74) is 3.47. The Morgan fingerprint density at radius 2 is 2.08 bits per heavy atom. The molecule has 2 heterocycles. The number of aromatic amines is 1. The second kappa shape index (κ2) is 7.55. The van der Waals surface area contributed by atoms with Crippen LogP contribution in [-0.4, -0.2) is 27.2 Å². The first-order valence-corrected chi connectivity index (χ1v) is 8.86. The fourth-order valence-electron chi connectivity index (χ4n) is 3.33. The molecule has 5 heteroatoms. The van der Waals surface area contributed by atoms with Gasteiger partial charge in [-0.1, -0.05) is 32.0 Å². The second-order valence-corrected chi connectivity index (χ2v) is 6.89. The molecule has 0 aliphatic carbocycles. The van der Waals surface area contributed by atoms with E-state index in [0.29, 0.717) is 18.9 Å². The Morgan fingerprint density at radius 1 is 1.28 bits per heavy atom. The van der Waals surface area contributed by atoms with Crippen LogP contribution in [-0.2, 0) is 18.3 Å². The van der Waals surface area contributed by atoms with Crippen molar-refractivity contribution in [3.05, 3.63) is 54.0 Å². The summed E-state index contributed by atoms with van der Waals surface area (Å²) in [6, 6.07) is 10.2. The predicted octanol–water partition coefficient (Wildman–Crippen LogP) is 3.39. The quantitative estimate of drug-likeness (QED) is 0.693. The number of carbonyl (C=O) groups is 1. The number of fused-ring (bicyclic) bond motifs is 1. The number of nitrogens with zero attached hydrogens (tertiary/aromatic N) is 2. The minimum atomic E-state index is 0.0955. The molecule has 0 radical (unpaired) electrons. The molecule has 3 rings (SSSR count). The minimum Gasteiger partial charge on any atom is -0.361 e. The number of hydrogen-bond donors (Lipinski definition) is 2. The van der Waals surface area contributed by atoms with Gasteiger partial charge in [-0.3, -0.25) is 9.48 Å². The van der Waals surface area contributed by atoms with Crippen molar-refractivity contribution in [1.29, 1.82) is 0 Å². The van der Waals surface area contributed by atoms with E-state index in [2.05, 4.69) is 41.4 Å². The highest BCUT2D eigenvalue weighted by molar-refractivity contribution is 5.84. The van der Waals surface area contributed by atoms with Crippen molar-refractivity contribution in [2.45, 2.75) is 32.6 Å². The highest BCUT2D eigenvalue weighted by Crippen LogP contribution is 2.23. The van der Waals surface area contributed by atoms with Gasteiger partial charge in [0.15, 0.2) is 0 Å². The number of nitrogens with one attached hydrogen (secondary N) is 2. The number of H-pyrrole nitrogens is 1. The van der Waals surface area contributed by atoms with Crippen LogP contribution in [0, 0.1) is 5.92 Å². The molecule has 25 heavy (non-hydrogen) atoms. The Hall–Kier alpha value is -2.56. The lowest BCUT2D eigenvalue weighted by Crippen LogP contribution is -2.31. The standard InChI is InChI=1S/C20H26N4O/c1-14(2)17(19-10-11-23-24(19)3)13-22-20(25)9-8-15-12-21-18-7-5-4-6-16(15)18/h4-7,10-12,14,17,21H,8-9,13H2,1-3H3,(H,22,25)/t17-/m1/s1. The van der Waals surface area contributed by atoms with Crippen LogP contribution in [0.4, 0.5) is 0 Å². The van der Waals surface area contributed by atoms with E-state index < -0.39 is 0 Å². The molecular formula is C20H26N4O. The second-order valence-electron chi connectivity index (χ2n) is 6.89. The number of aryl methyl sites for hydroxylation is 2. The summed E-state index contributed by atoms with van der Waals surface area (Å²) in [6.07, 6.45) is 5.06. The van der Waals surface area contributed by atoms with Gasteiger partial charge in [-0.15, -0.1) is 0 Å². The summed E-state index contributed by atoms with van der Waals surface area (Å²) in [4.78, 5) is 15.6. The van der Waals surface area contributed by atoms with Gasteiger partial charge in [-0.05, 0) is 30.0 Å². The van der Waals surface area contributed by atoms with Crippen molar-refractivity contribution in [3.8, 4) is 0 Å². The molecule has 1 amide bonds. The summed E-state index contributed by atoms with van der Waals surface area (Å²) < 4.78 is 1.89. The normalized spacial score (nSPS) is 12.6. The van der Waals surface area contributed by atoms with E-state index >= 15 is 0 Å². The van der Waals surface area contributed by atoms with Crippen LogP contribution in [0.15, 0.2) is 42.7 Å². The third kappa shape index (κ3) is 3.92. The summed E-state index contributed by atoms with van der Waals surface area (Å²) in [6.45, 7) is 5.00. The summed E-state index contributed by atoms with van der Waals surface area (Å²) in [7, 11) is 1.95. The fourth-order valence-corrected chi connectivity index (χ4v) is 3.33. The average molecular weight is 338 g/mol. The molecule has 2 N–H and O–H groups in total. The Labute approximate surface area is 148 Å². The number of aromatic nitrogens is 3. The van der Waals surface area contributed by atoms with Gasteiger partial charge in [0.1, 0.15) is 0 Å². The van der Waals surface area contributed by atoms with E-state index in [4.69, 9.17) is 0 Å². The zero-order chi connectivity index (χ0) is 17.8. The smallest absolute Gasteiger partial charge is 0.220 e. The first kappa shape index (κ1) is 17.3. The third-order valence-corrected chi connectivity index (χ3v) is 4.86. The zero-order valence-electron chi connectivity index (χ0n) is 15.1. The highest BCUT2D eigenvalue weighted by Gasteiger charge is 2.19. The van der Waals surface area contributed by atoms with Gasteiger partial charge in [0, 0.05) is 54.9 Å². The number of benzene rings is 1. The molecule has 0 fully saturated rings. The topological polar surface area (TPSA) is 62.7 Å². The van der Waals surface area contributed by atoms with E-state index in [9.17, 15) is 4.79 Å². The van der Waals surface area contributed by atoms with E-state index in [1.807, 2.05) is 42.3 Å².